The van der Waals surface area contributed by atoms with Crippen molar-refractivity contribution in [2.24, 2.45) is 23.5 Å². The molecule has 0 aromatic carbocycles. The zero-order valence-corrected chi connectivity index (χ0v) is 8.84. The molecule has 2 aliphatic carbocycles. The van der Waals surface area contributed by atoms with Gasteiger partial charge in [0.25, 0.3) is 0 Å². The second-order valence-electron chi connectivity index (χ2n) is 5.29. The molecule has 76 valence electrons. The lowest BCUT2D eigenvalue weighted by Gasteiger charge is -2.33. The van der Waals surface area contributed by atoms with Crippen LogP contribution in [0.5, 0.6) is 0 Å². The molecule has 2 saturated carbocycles. The van der Waals surface area contributed by atoms with Crippen LogP contribution in [0, 0.1) is 17.8 Å². The van der Waals surface area contributed by atoms with E-state index in [1.54, 1.807) is 0 Å². The summed E-state index contributed by atoms with van der Waals surface area (Å²) in [7, 11) is 0. The highest BCUT2D eigenvalue weighted by Crippen LogP contribution is 2.40. The first-order valence-corrected chi connectivity index (χ1v) is 6.03. The highest BCUT2D eigenvalue weighted by Gasteiger charge is 2.33. The van der Waals surface area contributed by atoms with Gasteiger partial charge in [-0.25, -0.2) is 0 Å². The van der Waals surface area contributed by atoms with Crippen molar-refractivity contribution in [2.45, 2.75) is 57.9 Å². The first-order valence-electron chi connectivity index (χ1n) is 6.03. The van der Waals surface area contributed by atoms with Crippen LogP contribution in [0.1, 0.15) is 51.9 Å². The van der Waals surface area contributed by atoms with Crippen molar-refractivity contribution in [3.05, 3.63) is 0 Å². The monoisotopic (exact) mass is 181 g/mol. The van der Waals surface area contributed by atoms with Crippen LogP contribution >= 0.6 is 0 Å². The van der Waals surface area contributed by atoms with E-state index in [2.05, 4.69) is 6.92 Å². The van der Waals surface area contributed by atoms with Gasteiger partial charge in [-0.15, -0.1) is 0 Å². The van der Waals surface area contributed by atoms with E-state index in [0.717, 1.165) is 17.8 Å². The van der Waals surface area contributed by atoms with Gasteiger partial charge in [0.1, 0.15) is 0 Å². The Hall–Kier alpha value is -0.0400. The van der Waals surface area contributed by atoms with Crippen LogP contribution < -0.4 is 5.73 Å². The van der Waals surface area contributed by atoms with Crippen molar-refractivity contribution in [1.29, 1.82) is 0 Å². The predicted octanol–water partition coefficient (Wildman–Crippen LogP) is 2.94. The molecule has 0 bridgehead atoms. The van der Waals surface area contributed by atoms with E-state index in [4.69, 9.17) is 5.73 Å². The summed E-state index contributed by atoms with van der Waals surface area (Å²) in [6, 6.07) is 0.537. The summed E-state index contributed by atoms with van der Waals surface area (Å²) in [6.45, 7) is 2.41. The maximum absolute atomic E-state index is 6.16. The third-order valence-corrected chi connectivity index (χ3v) is 4.21. The lowest BCUT2D eigenvalue weighted by atomic mass is 9.74. The summed E-state index contributed by atoms with van der Waals surface area (Å²) in [6.07, 6.45) is 9.92. The number of hydrogen-bond donors (Lipinski definition) is 1. The lowest BCUT2D eigenvalue weighted by molar-refractivity contribution is 0.194. The summed E-state index contributed by atoms with van der Waals surface area (Å²) in [5.41, 5.74) is 6.16. The van der Waals surface area contributed by atoms with Gasteiger partial charge in [-0.1, -0.05) is 32.6 Å². The van der Waals surface area contributed by atoms with Crippen LogP contribution in [0.4, 0.5) is 0 Å². The van der Waals surface area contributed by atoms with E-state index in [0.29, 0.717) is 6.04 Å². The maximum atomic E-state index is 6.16. The van der Waals surface area contributed by atoms with Gasteiger partial charge in [-0.3, -0.25) is 0 Å². The van der Waals surface area contributed by atoms with Gasteiger partial charge >= 0.3 is 0 Å². The van der Waals surface area contributed by atoms with Crippen molar-refractivity contribution in [3.8, 4) is 0 Å². The molecule has 0 amide bonds. The molecule has 0 aromatic heterocycles. The maximum Gasteiger partial charge on any atom is 0.00698 e. The van der Waals surface area contributed by atoms with Gasteiger partial charge in [0.2, 0.25) is 0 Å². The fraction of sp³-hybridized carbons (Fsp3) is 1.00. The van der Waals surface area contributed by atoms with Gasteiger partial charge in [0.05, 0.1) is 0 Å². The molecule has 0 spiro atoms. The van der Waals surface area contributed by atoms with Crippen LogP contribution in [0.15, 0.2) is 0 Å². The third-order valence-electron chi connectivity index (χ3n) is 4.21. The number of rotatable bonds is 1. The predicted molar refractivity (Wildman–Crippen MR) is 56.4 cm³/mol. The van der Waals surface area contributed by atoms with E-state index in [1.165, 1.54) is 44.9 Å². The molecule has 0 heterocycles. The molecule has 0 aromatic rings. The average molecular weight is 181 g/mol. The molecule has 4 unspecified atom stereocenters. The molecule has 1 nitrogen and oxygen atoms in total. The second-order valence-corrected chi connectivity index (χ2v) is 5.29. The van der Waals surface area contributed by atoms with Gasteiger partial charge < -0.3 is 5.73 Å². The third kappa shape index (κ3) is 2.07. The Morgan fingerprint density at radius 3 is 2.38 bits per heavy atom. The van der Waals surface area contributed by atoms with E-state index >= 15 is 0 Å². The van der Waals surface area contributed by atoms with Gasteiger partial charge in [-0.05, 0) is 37.0 Å². The molecular weight excluding hydrogens is 158 g/mol. The highest BCUT2D eigenvalue weighted by molar-refractivity contribution is 4.87. The highest BCUT2D eigenvalue weighted by atomic mass is 14.7. The summed E-state index contributed by atoms with van der Waals surface area (Å²) in [5, 5.41) is 0. The lowest BCUT2D eigenvalue weighted by Crippen LogP contribution is -2.32. The van der Waals surface area contributed by atoms with Crippen molar-refractivity contribution < 1.29 is 0 Å². The van der Waals surface area contributed by atoms with Gasteiger partial charge in [0, 0.05) is 6.04 Å². The summed E-state index contributed by atoms with van der Waals surface area (Å²) < 4.78 is 0. The first-order chi connectivity index (χ1) is 6.27. The summed E-state index contributed by atoms with van der Waals surface area (Å²) >= 11 is 0. The molecule has 0 aliphatic heterocycles. The van der Waals surface area contributed by atoms with Gasteiger partial charge in [-0.2, -0.15) is 0 Å². The Bertz CT molecular complexity index is 167. The van der Waals surface area contributed by atoms with Crippen LogP contribution in [-0.4, -0.2) is 6.04 Å². The Labute approximate surface area is 82.1 Å². The minimum atomic E-state index is 0.537. The second kappa shape index (κ2) is 4.00. The molecule has 4 atom stereocenters. The summed E-state index contributed by atoms with van der Waals surface area (Å²) in [4.78, 5) is 0. The van der Waals surface area contributed by atoms with Crippen molar-refractivity contribution in [1.82, 2.24) is 0 Å². The van der Waals surface area contributed by atoms with Crippen LogP contribution in [0.3, 0.4) is 0 Å². The van der Waals surface area contributed by atoms with Crippen molar-refractivity contribution >= 4 is 0 Å². The minimum absolute atomic E-state index is 0.537. The van der Waals surface area contributed by atoms with E-state index in [-0.39, 0.29) is 0 Å². The van der Waals surface area contributed by atoms with Crippen LogP contribution in [0.25, 0.3) is 0 Å². The Morgan fingerprint density at radius 1 is 1.00 bits per heavy atom. The normalized spacial score (nSPS) is 46.6. The molecule has 2 fully saturated rings. The fourth-order valence-electron chi connectivity index (χ4n) is 3.47. The molecule has 0 radical (unpaired) electrons. The topological polar surface area (TPSA) is 26.0 Å². The Balaban J connectivity index is 1.91. The van der Waals surface area contributed by atoms with Crippen LogP contribution in [-0.2, 0) is 0 Å². The fourth-order valence-corrected chi connectivity index (χ4v) is 3.47. The quantitative estimate of drug-likeness (QED) is 0.661. The Morgan fingerprint density at radius 2 is 1.77 bits per heavy atom. The Kier molecular flexibility index (Phi) is 2.92. The largest absolute Gasteiger partial charge is 0.327 e. The van der Waals surface area contributed by atoms with E-state index < -0.39 is 0 Å². The molecule has 2 rings (SSSR count). The zero-order chi connectivity index (χ0) is 9.26. The molecule has 2 aliphatic rings. The van der Waals surface area contributed by atoms with E-state index in [1.807, 2.05) is 0 Å². The van der Waals surface area contributed by atoms with E-state index in [9.17, 15) is 0 Å². The molecule has 1 heteroatoms. The minimum Gasteiger partial charge on any atom is -0.327 e. The SMILES string of the molecule is CC1CCCC(C2CCCC2N)C1. The molecule has 2 N–H and O–H groups in total. The standard InChI is InChI=1S/C12H23N/c1-9-4-2-5-10(8-9)11-6-3-7-12(11)13/h9-12H,2-8,13H2,1H3. The molecule has 0 saturated heterocycles. The van der Waals surface area contributed by atoms with Crippen LogP contribution in [0.2, 0.25) is 0 Å². The smallest absolute Gasteiger partial charge is 0.00698 e. The zero-order valence-electron chi connectivity index (χ0n) is 8.84. The molecule has 13 heavy (non-hydrogen) atoms. The number of hydrogen-bond acceptors (Lipinski definition) is 1. The first kappa shape index (κ1) is 9.51. The molecular formula is C12H23N. The number of nitrogens with two attached hydrogens (primary N) is 1. The van der Waals surface area contributed by atoms with Crippen molar-refractivity contribution in [2.75, 3.05) is 0 Å². The average Bonchev–Trinajstić information content (AvgIpc) is 2.51. The summed E-state index contributed by atoms with van der Waals surface area (Å²) in [5.74, 6) is 2.82. The van der Waals surface area contributed by atoms with Gasteiger partial charge in [0.15, 0.2) is 0 Å². The van der Waals surface area contributed by atoms with Crippen molar-refractivity contribution in [3.63, 3.8) is 0 Å².